The molecule has 5 heteroatoms. The standard InChI is InChI=1S/C13H23N5/c1-6-7-15-11-8-12(17-10(2)16-11)18-13(3,4)9-14-5/h6,8,14H,1,7,9H2,2-5H3,(H2,15,16,17,18). The van der Waals surface area contributed by atoms with E-state index in [9.17, 15) is 0 Å². The lowest BCUT2D eigenvalue weighted by Gasteiger charge is -2.26. The van der Waals surface area contributed by atoms with E-state index in [1.165, 1.54) is 0 Å². The van der Waals surface area contributed by atoms with Gasteiger partial charge in [0, 0.05) is 24.7 Å². The van der Waals surface area contributed by atoms with E-state index in [4.69, 9.17) is 0 Å². The van der Waals surface area contributed by atoms with Crippen LogP contribution in [0.15, 0.2) is 18.7 Å². The molecule has 0 unspecified atom stereocenters. The Morgan fingerprint density at radius 2 is 2.00 bits per heavy atom. The first-order valence-corrected chi connectivity index (χ1v) is 6.10. The van der Waals surface area contributed by atoms with Crippen molar-refractivity contribution in [2.24, 2.45) is 0 Å². The average Bonchev–Trinajstić information content (AvgIpc) is 2.24. The van der Waals surface area contributed by atoms with Gasteiger partial charge in [0.25, 0.3) is 0 Å². The molecule has 1 heterocycles. The second-order valence-electron chi connectivity index (χ2n) is 4.89. The number of hydrogen-bond donors (Lipinski definition) is 3. The highest BCUT2D eigenvalue weighted by molar-refractivity contribution is 5.49. The summed E-state index contributed by atoms with van der Waals surface area (Å²) in [5, 5.41) is 9.72. The van der Waals surface area contributed by atoms with Crippen molar-refractivity contribution in [2.45, 2.75) is 26.3 Å². The minimum absolute atomic E-state index is 0.0642. The second kappa shape index (κ2) is 6.35. The van der Waals surface area contributed by atoms with Crippen molar-refractivity contribution >= 4 is 11.6 Å². The highest BCUT2D eigenvalue weighted by atomic mass is 15.1. The number of aromatic nitrogens is 2. The third kappa shape index (κ3) is 4.71. The first kappa shape index (κ1) is 14.4. The van der Waals surface area contributed by atoms with Gasteiger partial charge in [0.15, 0.2) is 0 Å². The Balaban J connectivity index is 2.82. The van der Waals surface area contributed by atoms with E-state index in [0.717, 1.165) is 24.0 Å². The zero-order chi connectivity index (χ0) is 13.6. The van der Waals surface area contributed by atoms with Crippen molar-refractivity contribution in [1.29, 1.82) is 0 Å². The van der Waals surface area contributed by atoms with Crippen LogP contribution in [-0.2, 0) is 0 Å². The molecule has 0 spiro atoms. The maximum atomic E-state index is 4.39. The normalized spacial score (nSPS) is 11.1. The Kier molecular flexibility index (Phi) is 5.09. The molecule has 0 bridgehead atoms. The van der Waals surface area contributed by atoms with Crippen molar-refractivity contribution in [2.75, 3.05) is 30.8 Å². The van der Waals surface area contributed by atoms with Crippen molar-refractivity contribution in [3.8, 4) is 0 Å². The van der Waals surface area contributed by atoms with Crippen LogP contribution in [0.5, 0.6) is 0 Å². The number of anilines is 2. The van der Waals surface area contributed by atoms with Gasteiger partial charge < -0.3 is 16.0 Å². The zero-order valence-electron chi connectivity index (χ0n) is 11.7. The molecule has 0 radical (unpaired) electrons. The Hall–Kier alpha value is -1.62. The van der Waals surface area contributed by atoms with Gasteiger partial charge in [-0.05, 0) is 27.8 Å². The maximum absolute atomic E-state index is 4.39. The SMILES string of the molecule is C=CCNc1cc(NC(C)(C)CNC)nc(C)n1. The summed E-state index contributed by atoms with van der Waals surface area (Å²) in [4.78, 5) is 8.72. The smallest absolute Gasteiger partial charge is 0.132 e. The average molecular weight is 249 g/mol. The quantitative estimate of drug-likeness (QED) is 0.643. The monoisotopic (exact) mass is 249 g/mol. The van der Waals surface area contributed by atoms with Gasteiger partial charge in [0.2, 0.25) is 0 Å². The van der Waals surface area contributed by atoms with Gasteiger partial charge in [-0.15, -0.1) is 6.58 Å². The van der Waals surface area contributed by atoms with Gasteiger partial charge >= 0.3 is 0 Å². The predicted octanol–water partition coefficient (Wildman–Crippen LogP) is 1.79. The summed E-state index contributed by atoms with van der Waals surface area (Å²) in [5.74, 6) is 2.38. The van der Waals surface area contributed by atoms with Crippen LogP contribution in [-0.4, -0.2) is 35.6 Å². The van der Waals surface area contributed by atoms with Gasteiger partial charge in [-0.25, -0.2) is 9.97 Å². The molecule has 100 valence electrons. The van der Waals surface area contributed by atoms with Crippen molar-refractivity contribution in [1.82, 2.24) is 15.3 Å². The minimum Gasteiger partial charge on any atom is -0.366 e. The Labute approximate surface area is 109 Å². The lowest BCUT2D eigenvalue weighted by atomic mass is 10.1. The molecule has 0 fully saturated rings. The molecule has 18 heavy (non-hydrogen) atoms. The van der Waals surface area contributed by atoms with Crippen molar-refractivity contribution < 1.29 is 0 Å². The van der Waals surface area contributed by atoms with Crippen LogP contribution in [0.3, 0.4) is 0 Å². The molecule has 0 aliphatic rings. The predicted molar refractivity (Wildman–Crippen MR) is 77.1 cm³/mol. The third-order valence-electron chi connectivity index (χ3n) is 2.35. The molecular weight excluding hydrogens is 226 g/mol. The molecule has 0 aromatic carbocycles. The fraction of sp³-hybridized carbons (Fsp3) is 0.538. The number of nitrogens with one attached hydrogen (secondary N) is 3. The van der Waals surface area contributed by atoms with Crippen LogP contribution in [0.1, 0.15) is 19.7 Å². The summed E-state index contributed by atoms with van der Waals surface area (Å²) < 4.78 is 0. The molecule has 1 rings (SSSR count). The fourth-order valence-corrected chi connectivity index (χ4v) is 1.73. The number of aryl methyl sites for hydroxylation is 1. The summed E-state index contributed by atoms with van der Waals surface area (Å²) in [6, 6.07) is 1.91. The summed E-state index contributed by atoms with van der Waals surface area (Å²) >= 11 is 0. The number of rotatable bonds is 7. The van der Waals surface area contributed by atoms with Gasteiger partial charge in [0.05, 0.1) is 0 Å². The molecule has 0 saturated carbocycles. The molecule has 0 saturated heterocycles. The number of hydrogen-bond acceptors (Lipinski definition) is 5. The minimum atomic E-state index is -0.0642. The molecule has 1 aromatic rings. The number of nitrogens with zero attached hydrogens (tertiary/aromatic N) is 2. The van der Waals surface area contributed by atoms with Crippen LogP contribution in [0.25, 0.3) is 0 Å². The van der Waals surface area contributed by atoms with Crippen LogP contribution in [0, 0.1) is 6.92 Å². The maximum Gasteiger partial charge on any atom is 0.132 e. The molecular formula is C13H23N5. The second-order valence-corrected chi connectivity index (χ2v) is 4.89. The van der Waals surface area contributed by atoms with Crippen LogP contribution in [0.2, 0.25) is 0 Å². The van der Waals surface area contributed by atoms with E-state index in [1.54, 1.807) is 6.08 Å². The molecule has 5 nitrogen and oxygen atoms in total. The molecule has 1 aromatic heterocycles. The van der Waals surface area contributed by atoms with E-state index in [2.05, 4.69) is 46.3 Å². The first-order valence-electron chi connectivity index (χ1n) is 6.10. The lowest BCUT2D eigenvalue weighted by molar-refractivity contribution is 0.528. The van der Waals surface area contributed by atoms with Crippen LogP contribution >= 0.6 is 0 Å². The zero-order valence-corrected chi connectivity index (χ0v) is 11.7. The van der Waals surface area contributed by atoms with Crippen LogP contribution in [0.4, 0.5) is 11.6 Å². The fourth-order valence-electron chi connectivity index (χ4n) is 1.73. The van der Waals surface area contributed by atoms with Gasteiger partial charge in [0.1, 0.15) is 17.5 Å². The third-order valence-corrected chi connectivity index (χ3v) is 2.35. The Bertz CT molecular complexity index is 400. The topological polar surface area (TPSA) is 61.9 Å². The summed E-state index contributed by atoms with van der Waals surface area (Å²) in [6.07, 6.45) is 1.80. The largest absolute Gasteiger partial charge is 0.366 e. The van der Waals surface area contributed by atoms with Crippen LogP contribution < -0.4 is 16.0 Å². The summed E-state index contributed by atoms with van der Waals surface area (Å²) in [7, 11) is 1.94. The molecule has 0 aliphatic heterocycles. The molecule has 3 N–H and O–H groups in total. The molecule has 0 amide bonds. The van der Waals surface area contributed by atoms with E-state index < -0.39 is 0 Å². The van der Waals surface area contributed by atoms with Crippen molar-refractivity contribution in [3.05, 3.63) is 24.5 Å². The summed E-state index contributed by atoms with van der Waals surface area (Å²) in [6.45, 7) is 11.3. The van der Waals surface area contributed by atoms with Gasteiger partial charge in [-0.2, -0.15) is 0 Å². The summed E-state index contributed by atoms with van der Waals surface area (Å²) in [5.41, 5.74) is -0.0642. The Morgan fingerprint density at radius 1 is 1.33 bits per heavy atom. The van der Waals surface area contributed by atoms with E-state index in [1.807, 2.05) is 20.0 Å². The first-order chi connectivity index (χ1) is 8.46. The molecule has 0 aliphatic carbocycles. The number of likely N-dealkylation sites (N-methyl/N-ethyl adjacent to an activating group) is 1. The highest BCUT2D eigenvalue weighted by Crippen LogP contribution is 2.15. The Morgan fingerprint density at radius 3 is 2.61 bits per heavy atom. The molecule has 0 atom stereocenters. The highest BCUT2D eigenvalue weighted by Gasteiger charge is 2.17. The van der Waals surface area contributed by atoms with Crippen molar-refractivity contribution in [3.63, 3.8) is 0 Å². The lowest BCUT2D eigenvalue weighted by Crippen LogP contribution is -2.41. The van der Waals surface area contributed by atoms with E-state index in [-0.39, 0.29) is 5.54 Å². The van der Waals surface area contributed by atoms with Gasteiger partial charge in [-0.1, -0.05) is 6.08 Å². The van der Waals surface area contributed by atoms with E-state index >= 15 is 0 Å². The van der Waals surface area contributed by atoms with Gasteiger partial charge in [-0.3, -0.25) is 0 Å². The van der Waals surface area contributed by atoms with E-state index in [0.29, 0.717) is 6.54 Å².